The van der Waals surface area contributed by atoms with E-state index in [4.69, 9.17) is 16.6 Å². The van der Waals surface area contributed by atoms with Crippen LogP contribution < -0.4 is 5.32 Å². The Morgan fingerprint density at radius 3 is 2.46 bits per heavy atom. The Balaban J connectivity index is 1.90. The lowest BCUT2D eigenvalue weighted by Gasteiger charge is -2.15. The number of pyridine rings is 1. The Bertz CT molecular complexity index is 951. The lowest BCUT2D eigenvalue weighted by Crippen LogP contribution is -2.26. The predicted molar refractivity (Wildman–Crippen MR) is 118 cm³/mol. The SMILES string of the molecule is CCCCCCCNC(=O)c1c(C)c(-c2ccc(Cl)cc2)nc2ccccc12. The third-order valence-electron chi connectivity index (χ3n) is 5.05. The topological polar surface area (TPSA) is 42.0 Å². The Labute approximate surface area is 172 Å². The zero-order valence-electron chi connectivity index (χ0n) is 16.6. The number of amides is 1. The summed E-state index contributed by atoms with van der Waals surface area (Å²) in [6, 6.07) is 15.4. The van der Waals surface area contributed by atoms with Gasteiger partial charge in [0.05, 0.1) is 16.8 Å². The van der Waals surface area contributed by atoms with E-state index in [9.17, 15) is 4.79 Å². The molecule has 4 heteroatoms. The fraction of sp³-hybridized carbons (Fsp3) is 0.333. The molecule has 0 bridgehead atoms. The molecule has 28 heavy (non-hydrogen) atoms. The van der Waals surface area contributed by atoms with Crippen LogP contribution in [0.2, 0.25) is 5.02 Å². The summed E-state index contributed by atoms with van der Waals surface area (Å²) in [5.41, 5.74) is 4.21. The van der Waals surface area contributed by atoms with Gasteiger partial charge in [0, 0.05) is 22.5 Å². The summed E-state index contributed by atoms with van der Waals surface area (Å²) in [5, 5.41) is 4.68. The van der Waals surface area contributed by atoms with Crippen LogP contribution >= 0.6 is 11.6 Å². The molecule has 3 aromatic rings. The molecule has 0 atom stereocenters. The molecule has 3 rings (SSSR count). The van der Waals surface area contributed by atoms with Crippen molar-refractivity contribution in [2.45, 2.75) is 46.0 Å². The minimum absolute atomic E-state index is 0.0261. The number of rotatable bonds is 8. The lowest BCUT2D eigenvalue weighted by molar-refractivity contribution is 0.0954. The van der Waals surface area contributed by atoms with Crippen LogP contribution in [0.3, 0.4) is 0 Å². The first-order valence-corrected chi connectivity index (χ1v) is 10.4. The minimum atomic E-state index is -0.0261. The highest BCUT2D eigenvalue weighted by molar-refractivity contribution is 6.30. The molecular formula is C24H27ClN2O. The molecule has 0 fully saturated rings. The van der Waals surface area contributed by atoms with Crippen molar-refractivity contribution in [2.24, 2.45) is 0 Å². The van der Waals surface area contributed by atoms with Crippen molar-refractivity contribution >= 4 is 28.4 Å². The fourth-order valence-corrected chi connectivity index (χ4v) is 3.63. The van der Waals surface area contributed by atoms with Gasteiger partial charge in [-0.15, -0.1) is 0 Å². The van der Waals surface area contributed by atoms with E-state index < -0.39 is 0 Å². The summed E-state index contributed by atoms with van der Waals surface area (Å²) in [4.78, 5) is 17.9. The smallest absolute Gasteiger partial charge is 0.252 e. The molecule has 0 saturated carbocycles. The van der Waals surface area contributed by atoms with Crippen molar-refractivity contribution < 1.29 is 4.79 Å². The van der Waals surface area contributed by atoms with Crippen LogP contribution in [-0.2, 0) is 0 Å². The molecule has 0 saturated heterocycles. The van der Waals surface area contributed by atoms with E-state index in [2.05, 4.69) is 12.2 Å². The van der Waals surface area contributed by atoms with Crippen molar-refractivity contribution in [3.8, 4) is 11.3 Å². The van der Waals surface area contributed by atoms with Crippen LogP contribution in [-0.4, -0.2) is 17.4 Å². The van der Waals surface area contributed by atoms with Gasteiger partial charge in [-0.2, -0.15) is 0 Å². The zero-order valence-corrected chi connectivity index (χ0v) is 17.4. The summed E-state index contributed by atoms with van der Waals surface area (Å²) in [6.07, 6.45) is 5.87. The van der Waals surface area contributed by atoms with Gasteiger partial charge in [0.15, 0.2) is 0 Å². The van der Waals surface area contributed by atoms with Gasteiger partial charge < -0.3 is 5.32 Å². The first-order valence-electron chi connectivity index (χ1n) is 10.0. The van der Waals surface area contributed by atoms with Gasteiger partial charge >= 0.3 is 0 Å². The molecule has 0 radical (unpaired) electrons. The average molecular weight is 395 g/mol. The number of unbranched alkanes of at least 4 members (excludes halogenated alkanes) is 4. The molecule has 2 aromatic carbocycles. The predicted octanol–water partition coefficient (Wildman–Crippen LogP) is 6.56. The second-order valence-electron chi connectivity index (χ2n) is 7.15. The fourth-order valence-electron chi connectivity index (χ4n) is 3.51. The zero-order chi connectivity index (χ0) is 19.9. The third-order valence-corrected chi connectivity index (χ3v) is 5.30. The summed E-state index contributed by atoms with van der Waals surface area (Å²) in [6.45, 7) is 4.88. The van der Waals surface area contributed by atoms with Crippen LogP contribution in [0.15, 0.2) is 48.5 Å². The van der Waals surface area contributed by atoms with Gasteiger partial charge in [-0.1, -0.05) is 74.5 Å². The largest absolute Gasteiger partial charge is 0.352 e. The van der Waals surface area contributed by atoms with Gasteiger partial charge in [0.2, 0.25) is 0 Å². The summed E-state index contributed by atoms with van der Waals surface area (Å²) in [7, 11) is 0. The van der Waals surface area contributed by atoms with Crippen molar-refractivity contribution in [1.29, 1.82) is 0 Å². The highest BCUT2D eigenvalue weighted by Gasteiger charge is 2.18. The van der Waals surface area contributed by atoms with Gasteiger partial charge in [-0.25, -0.2) is 4.98 Å². The van der Waals surface area contributed by atoms with Crippen molar-refractivity contribution in [2.75, 3.05) is 6.54 Å². The highest BCUT2D eigenvalue weighted by atomic mass is 35.5. The molecule has 1 amide bonds. The molecule has 1 heterocycles. The number of nitrogens with one attached hydrogen (secondary N) is 1. The number of carbonyl (C=O) groups is 1. The quantitative estimate of drug-likeness (QED) is 0.439. The van der Waals surface area contributed by atoms with Gasteiger partial charge in [-0.3, -0.25) is 4.79 Å². The van der Waals surface area contributed by atoms with Gasteiger partial charge in [-0.05, 0) is 37.1 Å². The third kappa shape index (κ3) is 4.71. The van der Waals surface area contributed by atoms with E-state index in [1.54, 1.807) is 0 Å². The first-order chi connectivity index (χ1) is 13.6. The number of carbonyl (C=O) groups excluding carboxylic acids is 1. The van der Waals surface area contributed by atoms with Crippen LogP contribution in [0.4, 0.5) is 0 Å². The number of nitrogens with zero attached hydrogens (tertiary/aromatic N) is 1. The van der Waals surface area contributed by atoms with Crippen molar-refractivity contribution in [1.82, 2.24) is 10.3 Å². The number of benzene rings is 2. The second kappa shape index (κ2) is 9.70. The Kier molecular flexibility index (Phi) is 7.05. The van der Waals surface area contributed by atoms with Crippen LogP contribution in [0.25, 0.3) is 22.2 Å². The monoisotopic (exact) mass is 394 g/mol. The molecule has 3 nitrogen and oxygen atoms in total. The molecule has 0 spiro atoms. The maximum Gasteiger partial charge on any atom is 0.252 e. The van der Waals surface area contributed by atoms with Crippen molar-refractivity contribution in [3.05, 3.63) is 64.7 Å². The number of para-hydroxylation sites is 1. The number of hydrogen-bond acceptors (Lipinski definition) is 2. The Morgan fingerprint density at radius 1 is 1.00 bits per heavy atom. The number of hydrogen-bond donors (Lipinski definition) is 1. The van der Waals surface area contributed by atoms with Crippen LogP contribution in [0.1, 0.15) is 54.9 Å². The number of aromatic nitrogens is 1. The van der Waals surface area contributed by atoms with E-state index in [1.807, 2.05) is 55.5 Å². The maximum atomic E-state index is 13.0. The molecule has 0 aliphatic heterocycles. The molecule has 146 valence electrons. The minimum Gasteiger partial charge on any atom is -0.352 e. The highest BCUT2D eigenvalue weighted by Crippen LogP contribution is 2.30. The number of fused-ring (bicyclic) bond motifs is 1. The first kappa shape index (κ1) is 20.3. The van der Waals surface area contributed by atoms with Gasteiger partial charge in [0.25, 0.3) is 5.91 Å². The molecule has 0 aliphatic carbocycles. The molecule has 1 N–H and O–H groups in total. The van der Waals surface area contributed by atoms with E-state index in [-0.39, 0.29) is 5.91 Å². The number of halogens is 1. The van der Waals surface area contributed by atoms with Crippen molar-refractivity contribution in [3.63, 3.8) is 0 Å². The normalized spacial score (nSPS) is 11.0. The molecular weight excluding hydrogens is 368 g/mol. The summed E-state index contributed by atoms with van der Waals surface area (Å²) in [5.74, 6) is -0.0261. The molecule has 0 unspecified atom stereocenters. The summed E-state index contributed by atoms with van der Waals surface area (Å²) >= 11 is 6.03. The molecule has 1 aromatic heterocycles. The average Bonchev–Trinajstić information content (AvgIpc) is 2.70. The Hall–Kier alpha value is -2.39. The van der Waals surface area contributed by atoms with Crippen LogP contribution in [0.5, 0.6) is 0 Å². The standard InChI is InChI=1S/C24H27ClN2O/c1-3-4-5-6-9-16-26-24(28)22-17(2)23(18-12-14-19(25)15-13-18)27-21-11-8-7-10-20(21)22/h7-8,10-15H,3-6,9,16H2,1-2H3,(H,26,28). The summed E-state index contributed by atoms with van der Waals surface area (Å²) < 4.78 is 0. The lowest BCUT2D eigenvalue weighted by atomic mass is 9.97. The van der Waals surface area contributed by atoms with E-state index in [0.29, 0.717) is 17.1 Å². The van der Waals surface area contributed by atoms with E-state index >= 15 is 0 Å². The Morgan fingerprint density at radius 2 is 1.71 bits per heavy atom. The van der Waals surface area contributed by atoms with E-state index in [1.165, 1.54) is 19.3 Å². The van der Waals surface area contributed by atoms with E-state index in [0.717, 1.165) is 40.6 Å². The van der Waals surface area contributed by atoms with Crippen LogP contribution in [0, 0.1) is 6.92 Å². The molecule has 0 aliphatic rings. The second-order valence-corrected chi connectivity index (χ2v) is 7.59. The maximum absolute atomic E-state index is 13.0. The van der Waals surface area contributed by atoms with Gasteiger partial charge in [0.1, 0.15) is 0 Å².